The molecule has 0 aliphatic heterocycles. The summed E-state index contributed by atoms with van der Waals surface area (Å²) in [5.41, 5.74) is 3.75. The zero-order valence-electron chi connectivity index (χ0n) is 12.4. The quantitative estimate of drug-likeness (QED) is 0.787. The van der Waals surface area contributed by atoms with E-state index in [9.17, 15) is 8.42 Å². The molecule has 0 saturated carbocycles. The largest absolute Gasteiger partial charge is 0.264 e. The molecular weight excluding hydrogens is 330 g/mol. The molecule has 0 bridgehead atoms. The van der Waals surface area contributed by atoms with Crippen LogP contribution in [-0.4, -0.2) is 18.4 Å². The Balaban J connectivity index is 2.03. The van der Waals surface area contributed by atoms with Gasteiger partial charge in [0.05, 0.1) is 10.6 Å². The van der Waals surface area contributed by atoms with E-state index in [1.54, 1.807) is 24.5 Å². The van der Waals surface area contributed by atoms with Crippen LogP contribution in [0.2, 0.25) is 0 Å². The second kappa shape index (κ2) is 6.19. The Hall–Kier alpha value is -2.09. The van der Waals surface area contributed by atoms with Gasteiger partial charge in [-0.2, -0.15) is 0 Å². The maximum atomic E-state index is 11.5. The van der Waals surface area contributed by atoms with E-state index in [1.807, 2.05) is 17.5 Å². The third-order valence-electron chi connectivity index (χ3n) is 3.48. The average molecular weight is 345 g/mol. The number of rotatable bonds is 4. The van der Waals surface area contributed by atoms with E-state index in [2.05, 4.69) is 16.9 Å². The van der Waals surface area contributed by atoms with Gasteiger partial charge in [-0.1, -0.05) is 19.1 Å². The van der Waals surface area contributed by atoms with Crippen molar-refractivity contribution in [2.75, 3.05) is 0 Å². The predicted octanol–water partition coefficient (Wildman–Crippen LogP) is 3.08. The molecule has 3 aromatic rings. The van der Waals surface area contributed by atoms with Crippen molar-refractivity contribution in [3.05, 3.63) is 53.7 Å². The maximum Gasteiger partial charge on any atom is 0.238 e. The van der Waals surface area contributed by atoms with Gasteiger partial charge in [-0.15, -0.1) is 11.3 Å². The lowest BCUT2D eigenvalue weighted by molar-refractivity contribution is 0.598. The molecule has 0 radical (unpaired) electrons. The molecule has 5 nitrogen and oxygen atoms in total. The normalized spacial score (nSPS) is 11.6. The van der Waals surface area contributed by atoms with Gasteiger partial charge in [0.1, 0.15) is 5.01 Å². The summed E-state index contributed by atoms with van der Waals surface area (Å²) in [7, 11) is -3.72. The number of aromatic nitrogens is 2. The zero-order valence-corrected chi connectivity index (χ0v) is 14.1. The van der Waals surface area contributed by atoms with Gasteiger partial charge in [-0.3, -0.25) is 4.98 Å². The Morgan fingerprint density at radius 1 is 1.26 bits per heavy atom. The summed E-state index contributed by atoms with van der Waals surface area (Å²) in [4.78, 5) is 8.88. The first-order chi connectivity index (χ1) is 11.0. The van der Waals surface area contributed by atoms with Crippen LogP contribution in [0.15, 0.2) is 53.0 Å². The molecule has 7 heteroatoms. The lowest BCUT2D eigenvalue weighted by Crippen LogP contribution is -2.11. The molecule has 0 spiro atoms. The van der Waals surface area contributed by atoms with Crippen molar-refractivity contribution >= 4 is 21.4 Å². The van der Waals surface area contributed by atoms with Crippen LogP contribution in [0.25, 0.3) is 21.8 Å². The number of primary sulfonamides is 1. The minimum atomic E-state index is -3.72. The first-order valence-electron chi connectivity index (χ1n) is 7.01. The van der Waals surface area contributed by atoms with Gasteiger partial charge in [0, 0.05) is 28.9 Å². The van der Waals surface area contributed by atoms with E-state index in [0.29, 0.717) is 0 Å². The van der Waals surface area contributed by atoms with Gasteiger partial charge < -0.3 is 0 Å². The van der Waals surface area contributed by atoms with Crippen molar-refractivity contribution in [1.29, 1.82) is 0 Å². The zero-order chi connectivity index (χ0) is 16.4. The minimum Gasteiger partial charge on any atom is -0.264 e. The Kier molecular flexibility index (Phi) is 4.25. The number of nitrogens with two attached hydrogens (primary N) is 1. The molecule has 0 fully saturated rings. The molecule has 2 N–H and O–H groups in total. The highest BCUT2D eigenvalue weighted by atomic mass is 32.2. The van der Waals surface area contributed by atoms with Crippen LogP contribution in [-0.2, 0) is 16.4 Å². The molecule has 0 unspecified atom stereocenters. The van der Waals surface area contributed by atoms with E-state index >= 15 is 0 Å². The van der Waals surface area contributed by atoms with Crippen LogP contribution in [0.3, 0.4) is 0 Å². The third kappa shape index (κ3) is 3.31. The molecule has 118 valence electrons. The summed E-state index contributed by atoms with van der Waals surface area (Å²) >= 11 is 1.46. The highest BCUT2D eigenvalue weighted by Gasteiger charge is 2.13. The highest BCUT2D eigenvalue weighted by molar-refractivity contribution is 7.89. The summed E-state index contributed by atoms with van der Waals surface area (Å²) < 4.78 is 23.0. The smallest absolute Gasteiger partial charge is 0.238 e. The van der Waals surface area contributed by atoms with Gasteiger partial charge in [-0.25, -0.2) is 18.5 Å². The van der Waals surface area contributed by atoms with Crippen molar-refractivity contribution in [3.63, 3.8) is 0 Å². The van der Waals surface area contributed by atoms with Crippen molar-refractivity contribution in [2.45, 2.75) is 18.2 Å². The summed E-state index contributed by atoms with van der Waals surface area (Å²) in [6.07, 6.45) is 4.47. The summed E-state index contributed by atoms with van der Waals surface area (Å²) in [6, 6.07) is 8.49. The summed E-state index contributed by atoms with van der Waals surface area (Å²) in [5.74, 6) is 0. The van der Waals surface area contributed by atoms with Crippen LogP contribution in [0, 0.1) is 0 Å². The molecule has 0 amide bonds. The first-order valence-corrected chi connectivity index (χ1v) is 9.43. The highest BCUT2D eigenvalue weighted by Crippen LogP contribution is 2.31. The van der Waals surface area contributed by atoms with Crippen LogP contribution in [0.5, 0.6) is 0 Å². The average Bonchev–Trinajstić information content (AvgIpc) is 3.04. The Labute approximate surface area is 138 Å². The number of nitrogens with zero attached hydrogens (tertiary/aromatic N) is 2. The number of hydrogen-bond acceptors (Lipinski definition) is 5. The Morgan fingerprint density at radius 2 is 2.09 bits per heavy atom. The number of sulfonamides is 1. The van der Waals surface area contributed by atoms with Gasteiger partial charge >= 0.3 is 0 Å². The molecule has 0 saturated heterocycles. The molecule has 0 aliphatic rings. The number of benzene rings is 1. The van der Waals surface area contributed by atoms with Crippen molar-refractivity contribution in [3.8, 4) is 21.8 Å². The molecule has 2 aromatic heterocycles. The maximum absolute atomic E-state index is 11.5. The van der Waals surface area contributed by atoms with Gasteiger partial charge in [0.25, 0.3) is 0 Å². The van der Waals surface area contributed by atoms with E-state index < -0.39 is 10.0 Å². The molecule has 0 aliphatic carbocycles. The second-order valence-corrected chi connectivity index (χ2v) is 7.42. The van der Waals surface area contributed by atoms with Gasteiger partial charge in [0.15, 0.2) is 0 Å². The topological polar surface area (TPSA) is 85.9 Å². The standard InChI is InChI=1S/C16H15N3O2S2/c1-2-11-6-7-18-9-14(11)15-10-22-16(19-15)12-4-3-5-13(8-12)23(17,20)21/h3-10H,2H2,1H3,(H2,17,20,21). The van der Waals surface area contributed by atoms with Crippen LogP contribution >= 0.6 is 11.3 Å². The number of thiazole rings is 1. The SMILES string of the molecule is CCc1ccncc1-c1csc(-c2cccc(S(N)(=O)=O)c2)n1. The molecule has 23 heavy (non-hydrogen) atoms. The Bertz CT molecular complexity index is 949. The molecule has 2 heterocycles. The van der Waals surface area contributed by atoms with E-state index in [4.69, 9.17) is 5.14 Å². The monoisotopic (exact) mass is 345 g/mol. The predicted molar refractivity (Wildman–Crippen MR) is 91.5 cm³/mol. The summed E-state index contributed by atoms with van der Waals surface area (Å²) in [5, 5.41) is 7.89. The number of pyridine rings is 1. The van der Waals surface area contributed by atoms with Gasteiger partial charge in [-0.05, 0) is 30.2 Å². The van der Waals surface area contributed by atoms with E-state index in [1.165, 1.54) is 23.0 Å². The Morgan fingerprint density at radius 3 is 2.83 bits per heavy atom. The lowest BCUT2D eigenvalue weighted by atomic mass is 10.1. The fourth-order valence-corrected chi connectivity index (χ4v) is 3.67. The van der Waals surface area contributed by atoms with E-state index in [0.717, 1.165) is 28.2 Å². The third-order valence-corrected chi connectivity index (χ3v) is 5.28. The van der Waals surface area contributed by atoms with Crippen LogP contribution in [0.4, 0.5) is 0 Å². The van der Waals surface area contributed by atoms with E-state index in [-0.39, 0.29) is 4.90 Å². The minimum absolute atomic E-state index is 0.0855. The molecular formula is C16H15N3O2S2. The second-order valence-electron chi connectivity index (χ2n) is 5.00. The fourth-order valence-electron chi connectivity index (χ4n) is 2.30. The van der Waals surface area contributed by atoms with Crippen LogP contribution in [0.1, 0.15) is 12.5 Å². The molecule has 1 aromatic carbocycles. The first kappa shape index (κ1) is 15.8. The number of hydrogen-bond donors (Lipinski definition) is 1. The van der Waals surface area contributed by atoms with Crippen molar-refractivity contribution in [2.24, 2.45) is 5.14 Å². The van der Waals surface area contributed by atoms with Crippen LogP contribution < -0.4 is 5.14 Å². The summed E-state index contributed by atoms with van der Waals surface area (Å²) in [6.45, 7) is 2.09. The number of aryl methyl sites for hydroxylation is 1. The molecule has 3 rings (SSSR count). The van der Waals surface area contributed by atoms with Crippen molar-refractivity contribution < 1.29 is 8.42 Å². The molecule has 0 atom stereocenters. The van der Waals surface area contributed by atoms with Gasteiger partial charge in [0.2, 0.25) is 10.0 Å². The lowest BCUT2D eigenvalue weighted by Gasteiger charge is -2.03. The van der Waals surface area contributed by atoms with Crippen molar-refractivity contribution in [1.82, 2.24) is 9.97 Å². The fraction of sp³-hybridized carbons (Fsp3) is 0.125.